The number of carbonyl (C=O) groups is 1. The summed E-state index contributed by atoms with van der Waals surface area (Å²) < 4.78 is 4.69. The lowest BCUT2D eigenvalue weighted by atomic mass is 10.0. The number of methoxy groups -OCH3 is 1. The van der Waals surface area contributed by atoms with Crippen LogP contribution in [0.3, 0.4) is 0 Å². The smallest absolute Gasteiger partial charge is 0.309 e. The molecule has 0 amide bonds. The van der Waals surface area contributed by atoms with Crippen LogP contribution < -0.4 is 5.32 Å². The zero-order valence-electron chi connectivity index (χ0n) is 12.2. The molecule has 2 unspecified atom stereocenters. The van der Waals surface area contributed by atoms with E-state index in [1.54, 1.807) is 19.9 Å². The van der Waals surface area contributed by atoms with Gasteiger partial charge in [0, 0.05) is 24.2 Å². The van der Waals surface area contributed by atoms with Crippen LogP contribution in [0.4, 0.5) is 5.69 Å². The van der Waals surface area contributed by atoms with E-state index in [4.69, 9.17) is 4.74 Å². The minimum Gasteiger partial charge on any atom is -0.469 e. The summed E-state index contributed by atoms with van der Waals surface area (Å²) >= 11 is 0. The van der Waals surface area contributed by atoms with E-state index in [0.717, 1.165) is 5.56 Å². The molecule has 1 aromatic carbocycles. The minimum absolute atomic E-state index is 0.0823. The molecule has 1 aromatic rings. The number of nitrogens with zero attached hydrogens (tertiary/aromatic N) is 1. The summed E-state index contributed by atoms with van der Waals surface area (Å²) in [6.07, 6.45) is 0. The molecule has 0 spiro atoms. The molecule has 20 heavy (non-hydrogen) atoms. The Morgan fingerprint density at radius 2 is 2.10 bits per heavy atom. The molecule has 0 heterocycles. The number of carbonyl (C=O) groups excluding carboxylic acids is 1. The quantitative estimate of drug-likeness (QED) is 0.490. The molecule has 6 heteroatoms. The van der Waals surface area contributed by atoms with Gasteiger partial charge in [-0.25, -0.2) is 0 Å². The van der Waals surface area contributed by atoms with Crippen molar-refractivity contribution in [2.24, 2.45) is 5.92 Å². The van der Waals surface area contributed by atoms with Gasteiger partial charge in [0.05, 0.1) is 18.0 Å². The second kappa shape index (κ2) is 7.00. The van der Waals surface area contributed by atoms with E-state index in [1.165, 1.54) is 13.2 Å². The second-order valence-corrected chi connectivity index (χ2v) is 4.80. The highest BCUT2D eigenvalue weighted by molar-refractivity contribution is 5.72. The number of nitro benzene ring substituents is 1. The summed E-state index contributed by atoms with van der Waals surface area (Å²) in [5.41, 5.74) is 1.60. The van der Waals surface area contributed by atoms with Gasteiger partial charge in [-0.15, -0.1) is 0 Å². The first-order valence-corrected chi connectivity index (χ1v) is 6.42. The van der Waals surface area contributed by atoms with Crippen molar-refractivity contribution in [1.29, 1.82) is 0 Å². The summed E-state index contributed by atoms with van der Waals surface area (Å²) in [6, 6.07) is 4.90. The molecular formula is C14H20N2O4. The average Bonchev–Trinajstić information content (AvgIpc) is 2.43. The third-order valence-corrected chi connectivity index (χ3v) is 3.55. The van der Waals surface area contributed by atoms with E-state index in [1.807, 2.05) is 13.0 Å². The van der Waals surface area contributed by atoms with Crippen molar-refractivity contribution >= 4 is 11.7 Å². The van der Waals surface area contributed by atoms with E-state index < -0.39 is 0 Å². The van der Waals surface area contributed by atoms with Gasteiger partial charge in [-0.05, 0) is 19.4 Å². The number of nitro groups is 1. The highest BCUT2D eigenvalue weighted by Crippen LogP contribution is 2.21. The van der Waals surface area contributed by atoms with Crippen LogP contribution in [-0.2, 0) is 16.1 Å². The van der Waals surface area contributed by atoms with Crippen molar-refractivity contribution in [3.8, 4) is 0 Å². The molecule has 2 atom stereocenters. The fourth-order valence-corrected chi connectivity index (χ4v) is 1.90. The number of benzene rings is 1. The Kier molecular flexibility index (Phi) is 5.64. The van der Waals surface area contributed by atoms with Crippen molar-refractivity contribution < 1.29 is 14.5 Å². The number of hydrogen-bond donors (Lipinski definition) is 1. The monoisotopic (exact) mass is 280 g/mol. The molecule has 110 valence electrons. The van der Waals surface area contributed by atoms with E-state index in [0.29, 0.717) is 12.1 Å². The first kappa shape index (κ1) is 16.1. The van der Waals surface area contributed by atoms with E-state index in [2.05, 4.69) is 5.32 Å². The lowest BCUT2D eigenvalue weighted by Crippen LogP contribution is -2.36. The van der Waals surface area contributed by atoms with Crippen molar-refractivity contribution in [3.63, 3.8) is 0 Å². The maximum Gasteiger partial charge on any atom is 0.309 e. The molecule has 1 rings (SSSR count). The largest absolute Gasteiger partial charge is 0.469 e. The summed E-state index contributed by atoms with van der Waals surface area (Å²) in [5, 5.41) is 14.1. The molecule has 6 nitrogen and oxygen atoms in total. The lowest BCUT2D eigenvalue weighted by molar-refractivity contribution is -0.385. The number of ether oxygens (including phenoxy) is 1. The van der Waals surface area contributed by atoms with Crippen LogP contribution in [0.15, 0.2) is 18.2 Å². The third kappa shape index (κ3) is 3.77. The summed E-state index contributed by atoms with van der Waals surface area (Å²) in [5.74, 6) is -0.556. The second-order valence-electron chi connectivity index (χ2n) is 4.80. The molecule has 1 N–H and O–H groups in total. The standard InChI is InChI=1S/C14H20N2O4/c1-9(14(17)20-4)11(3)15-8-12-6-5-7-13(10(12)2)16(18)19/h5-7,9,11,15H,8H2,1-4H3. The van der Waals surface area contributed by atoms with E-state index in [9.17, 15) is 14.9 Å². The van der Waals surface area contributed by atoms with Crippen LogP contribution >= 0.6 is 0 Å². The first-order chi connectivity index (χ1) is 9.38. The van der Waals surface area contributed by atoms with Crippen LogP contribution in [0, 0.1) is 23.0 Å². The highest BCUT2D eigenvalue weighted by atomic mass is 16.6. The Bertz CT molecular complexity index is 502. The Labute approximate surface area is 118 Å². The average molecular weight is 280 g/mol. The molecular weight excluding hydrogens is 260 g/mol. The lowest BCUT2D eigenvalue weighted by Gasteiger charge is -2.19. The van der Waals surface area contributed by atoms with Gasteiger partial charge in [-0.2, -0.15) is 0 Å². The molecule has 0 aliphatic carbocycles. The van der Waals surface area contributed by atoms with Crippen LogP contribution in [0.25, 0.3) is 0 Å². The van der Waals surface area contributed by atoms with Crippen molar-refractivity contribution in [2.75, 3.05) is 7.11 Å². The van der Waals surface area contributed by atoms with Crippen LogP contribution in [0.5, 0.6) is 0 Å². The van der Waals surface area contributed by atoms with E-state index >= 15 is 0 Å². The van der Waals surface area contributed by atoms with Gasteiger partial charge in [0.1, 0.15) is 0 Å². The summed E-state index contributed by atoms with van der Waals surface area (Å²) in [7, 11) is 1.36. The third-order valence-electron chi connectivity index (χ3n) is 3.55. The highest BCUT2D eigenvalue weighted by Gasteiger charge is 2.21. The van der Waals surface area contributed by atoms with Crippen molar-refractivity contribution in [1.82, 2.24) is 5.32 Å². The van der Waals surface area contributed by atoms with Gasteiger partial charge >= 0.3 is 5.97 Å². The first-order valence-electron chi connectivity index (χ1n) is 6.42. The number of nitrogens with one attached hydrogen (secondary N) is 1. The minimum atomic E-state index is -0.390. The summed E-state index contributed by atoms with van der Waals surface area (Å²) in [4.78, 5) is 21.9. The van der Waals surface area contributed by atoms with Crippen LogP contribution in [-0.4, -0.2) is 24.0 Å². The fraction of sp³-hybridized carbons (Fsp3) is 0.500. The van der Waals surface area contributed by atoms with Crippen molar-refractivity contribution in [3.05, 3.63) is 39.4 Å². The zero-order chi connectivity index (χ0) is 15.3. The zero-order valence-corrected chi connectivity index (χ0v) is 12.2. The molecule has 0 saturated heterocycles. The van der Waals surface area contributed by atoms with Gasteiger partial charge < -0.3 is 10.1 Å². The van der Waals surface area contributed by atoms with Gasteiger partial charge in [-0.3, -0.25) is 14.9 Å². The number of hydrogen-bond acceptors (Lipinski definition) is 5. The normalized spacial score (nSPS) is 13.6. The maximum atomic E-state index is 11.4. The van der Waals surface area contributed by atoms with Gasteiger partial charge in [0.15, 0.2) is 0 Å². The van der Waals surface area contributed by atoms with Crippen LogP contribution in [0.2, 0.25) is 0 Å². The predicted molar refractivity (Wildman–Crippen MR) is 75.3 cm³/mol. The molecule has 0 bridgehead atoms. The van der Waals surface area contributed by atoms with Crippen molar-refractivity contribution in [2.45, 2.75) is 33.4 Å². The Hall–Kier alpha value is -1.95. The number of rotatable bonds is 6. The van der Waals surface area contributed by atoms with Gasteiger partial charge in [-0.1, -0.05) is 19.1 Å². The van der Waals surface area contributed by atoms with Gasteiger partial charge in [0.2, 0.25) is 0 Å². The number of esters is 1. The molecule has 0 aliphatic rings. The molecule has 0 aromatic heterocycles. The Morgan fingerprint density at radius 3 is 2.65 bits per heavy atom. The summed E-state index contributed by atoms with van der Waals surface area (Å²) in [6.45, 7) is 5.86. The Balaban J connectivity index is 2.73. The fourth-order valence-electron chi connectivity index (χ4n) is 1.90. The van der Waals surface area contributed by atoms with E-state index in [-0.39, 0.29) is 28.5 Å². The molecule has 0 saturated carbocycles. The topological polar surface area (TPSA) is 81.5 Å². The van der Waals surface area contributed by atoms with Crippen LogP contribution in [0.1, 0.15) is 25.0 Å². The maximum absolute atomic E-state index is 11.4. The Morgan fingerprint density at radius 1 is 1.45 bits per heavy atom. The molecule has 0 fully saturated rings. The molecule has 0 radical (unpaired) electrons. The SMILES string of the molecule is COC(=O)C(C)C(C)NCc1cccc([N+](=O)[O-])c1C. The van der Waals surface area contributed by atoms with Gasteiger partial charge in [0.25, 0.3) is 5.69 Å². The molecule has 0 aliphatic heterocycles. The predicted octanol–water partition coefficient (Wildman–Crippen LogP) is 2.19.